The first-order chi connectivity index (χ1) is 11.5. The van der Waals surface area contributed by atoms with E-state index in [1.54, 1.807) is 6.07 Å². The summed E-state index contributed by atoms with van der Waals surface area (Å²) >= 11 is 0. The maximum absolute atomic E-state index is 12.6. The van der Waals surface area contributed by atoms with Crippen LogP contribution in [0.4, 0.5) is 4.79 Å². The fourth-order valence-corrected chi connectivity index (χ4v) is 3.18. The molecule has 8 heteroatoms. The van der Waals surface area contributed by atoms with Crippen molar-refractivity contribution in [3.8, 4) is 0 Å². The molecule has 2 heterocycles. The second kappa shape index (κ2) is 6.31. The predicted molar refractivity (Wildman–Crippen MR) is 82.0 cm³/mol. The van der Waals surface area contributed by atoms with Gasteiger partial charge in [0.1, 0.15) is 6.54 Å². The lowest BCUT2D eigenvalue weighted by atomic mass is 9.90. The Bertz CT molecular complexity index is 701. The topological polar surface area (TPSA) is 107 Å². The third-order valence-corrected chi connectivity index (χ3v) is 4.33. The highest BCUT2D eigenvalue weighted by Crippen LogP contribution is 2.32. The van der Waals surface area contributed by atoms with Gasteiger partial charge >= 0.3 is 12.0 Å². The molecule has 4 amide bonds. The van der Waals surface area contributed by atoms with Crippen LogP contribution in [0.5, 0.6) is 0 Å². The number of benzene rings is 1. The van der Waals surface area contributed by atoms with Crippen LogP contribution in [0.3, 0.4) is 0 Å². The minimum Gasteiger partial charge on any atom is -0.481 e. The zero-order chi connectivity index (χ0) is 17.3. The summed E-state index contributed by atoms with van der Waals surface area (Å²) in [6, 6.07) is 6.22. The standard InChI is InChI=1S/C16H17N3O5/c20-13-8-17-16(24)19(13)9-14(21)18-6-5-10-3-1-2-4-11(10)12(18)7-15(22)23/h1-4,12H,5-9H2,(H,17,24)(H,22,23)/t12-/m0/s1. The highest BCUT2D eigenvalue weighted by Gasteiger charge is 2.36. The average Bonchev–Trinajstić information content (AvgIpc) is 2.86. The smallest absolute Gasteiger partial charge is 0.325 e. The number of carbonyl (C=O) groups excluding carboxylic acids is 3. The molecule has 0 saturated carbocycles. The number of hydrogen-bond acceptors (Lipinski definition) is 4. The fourth-order valence-electron chi connectivity index (χ4n) is 3.18. The Kier molecular flexibility index (Phi) is 4.20. The van der Waals surface area contributed by atoms with E-state index in [0.29, 0.717) is 13.0 Å². The number of nitrogens with zero attached hydrogens (tertiary/aromatic N) is 2. The molecule has 1 atom stereocenters. The minimum absolute atomic E-state index is 0.118. The number of imide groups is 1. The predicted octanol–water partition coefficient (Wildman–Crippen LogP) is 0.139. The molecule has 2 N–H and O–H groups in total. The lowest BCUT2D eigenvalue weighted by molar-refractivity contribution is -0.143. The molecule has 0 spiro atoms. The Labute approximate surface area is 138 Å². The summed E-state index contributed by atoms with van der Waals surface area (Å²) in [5, 5.41) is 11.6. The first-order valence-electron chi connectivity index (χ1n) is 7.64. The normalized spacial score (nSPS) is 19.9. The number of hydrogen-bond donors (Lipinski definition) is 2. The second-order valence-electron chi connectivity index (χ2n) is 5.79. The Morgan fingerprint density at radius 1 is 1.25 bits per heavy atom. The van der Waals surface area contributed by atoms with Crippen LogP contribution in [-0.2, 0) is 20.8 Å². The highest BCUT2D eigenvalue weighted by atomic mass is 16.4. The van der Waals surface area contributed by atoms with Crippen LogP contribution in [0, 0.1) is 0 Å². The van der Waals surface area contributed by atoms with E-state index in [-0.39, 0.29) is 19.5 Å². The molecule has 0 radical (unpaired) electrons. The van der Waals surface area contributed by atoms with Gasteiger partial charge in [-0.25, -0.2) is 4.79 Å². The van der Waals surface area contributed by atoms with Crippen molar-refractivity contribution in [3.63, 3.8) is 0 Å². The Morgan fingerprint density at radius 2 is 2.00 bits per heavy atom. The quantitative estimate of drug-likeness (QED) is 0.763. The van der Waals surface area contributed by atoms with E-state index in [2.05, 4.69) is 5.32 Å². The number of carboxylic acids is 1. The van der Waals surface area contributed by atoms with Crippen LogP contribution in [0.15, 0.2) is 24.3 Å². The van der Waals surface area contributed by atoms with Crippen molar-refractivity contribution >= 4 is 23.8 Å². The maximum atomic E-state index is 12.6. The molecular formula is C16H17N3O5. The number of carbonyl (C=O) groups is 4. The molecule has 2 aliphatic rings. The molecule has 0 bridgehead atoms. The molecule has 1 aromatic rings. The molecule has 2 aliphatic heterocycles. The average molecular weight is 331 g/mol. The Balaban J connectivity index is 1.83. The Hall–Kier alpha value is -2.90. The van der Waals surface area contributed by atoms with E-state index in [0.717, 1.165) is 16.0 Å². The minimum atomic E-state index is -1.01. The summed E-state index contributed by atoms with van der Waals surface area (Å²) in [4.78, 5) is 49.4. The van der Waals surface area contributed by atoms with Gasteiger partial charge in [-0.05, 0) is 17.5 Å². The lowest BCUT2D eigenvalue weighted by Gasteiger charge is -2.37. The molecule has 1 fully saturated rings. The summed E-state index contributed by atoms with van der Waals surface area (Å²) in [5.74, 6) is -1.90. The first kappa shape index (κ1) is 16.0. The fraction of sp³-hybridized carbons (Fsp3) is 0.375. The van der Waals surface area contributed by atoms with Crippen molar-refractivity contribution in [2.75, 3.05) is 19.6 Å². The van der Waals surface area contributed by atoms with Crippen molar-refractivity contribution < 1.29 is 24.3 Å². The van der Waals surface area contributed by atoms with E-state index < -0.39 is 29.9 Å². The van der Waals surface area contributed by atoms with Gasteiger partial charge in [0, 0.05) is 6.54 Å². The molecule has 0 aromatic heterocycles. The van der Waals surface area contributed by atoms with Crippen LogP contribution >= 0.6 is 0 Å². The van der Waals surface area contributed by atoms with Gasteiger partial charge in [0.05, 0.1) is 19.0 Å². The monoisotopic (exact) mass is 331 g/mol. The van der Waals surface area contributed by atoms with Gasteiger partial charge in [-0.2, -0.15) is 0 Å². The number of aliphatic carboxylic acids is 1. The van der Waals surface area contributed by atoms with Gasteiger partial charge < -0.3 is 15.3 Å². The third-order valence-electron chi connectivity index (χ3n) is 4.33. The van der Waals surface area contributed by atoms with E-state index in [1.807, 2.05) is 18.2 Å². The number of fused-ring (bicyclic) bond motifs is 1. The van der Waals surface area contributed by atoms with Gasteiger partial charge in [-0.15, -0.1) is 0 Å². The summed E-state index contributed by atoms with van der Waals surface area (Å²) in [5.41, 5.74) is 1.82. The van der Waals surface area contributed by atoms with Crippen LogP contribution in [0.25, 0.3) is 0 Å². The van der Waals surface area contributed by atoms with Crippen molar-refractivity contribution in [2.45, 2.75) is 18.9 Å². The number of rotatable bonds is 4. The van der Waals surface area contributed by atoms with Crippen LogP contribution in [0.1, 0.15) is 23.6 Å². The Morgan fingerprint density at radius 3 is 2.67 bits per heavy atom. The van der Waals surface area contributed by atoms with Crippen molar-refractivity contribution in [2.24, 2.45) is 0 Å². The van der Waals surface area contributed by atoms with Gasteiger partial charge in [-0.1, -0.05) is 24.3 Å². The van der Waals surface area contributed by atoms with Gasteiger partial charge in [0.25, 0.3) is 5.91 Å². The van der Waals surface area contributed by atoms with E-state index in [9.17, 15) is 24.3 Å². The number of carboxylic acid groups (broad SMARTS) is 1. The largest absolute Gasteiger partial charge is 0.481 e. The summed E-state index contributed by atoms with van der Waals surface area (Å²) < 4.78 is 0. The molecule has 3 rings (SSSR count). The zero-order valence-corrected chi connectivity index (χ0v) is 12.9. The summed E-state index contributed by atoms with van der Waals surface area (Å²) in [6.07, 6.45) is 0.390. The highest BCUT2D eigenvalue weighted by molar-refractivity contribution is 6.04. The van der Waals surface area contributed by atoms with E-state index in [4.69, 9.17) is 0 Å². The molecule has 1 saturated heterocycles. The van der Waals surface area contributed by atoms with Gasteiger partial charge in [0.2, 0.25) is 5.91 Å². The molecule has 24 heavy (non-hydrogen) atoms. The number of urea groups is 1. The molecule has 0 aliphatic carbocycles. The molecule has 8 nitrogen and oxygen atoms in total. The van der Waals surface area contributed by atoms with Crippen LogP contribution < -0.4 is 5.32 Å². The third kappa shape index (κ3) is 2.94. The SMILES string of the molecule is O=C(O)C[C@H]1c2ccccc2CCN1C(=O)CN1C(=O)CNC1=O. The lowest BCUT2D eigenvalue weighted by Crippen LogP contribution is -2.47. The maximum Gasteiger partial charge on any atom is 0.325 e. The van der Waals surface area contributed by atoms with E-state index >= 15 is 0 Å². The zero-order valence-electron chi connectivity index (χ0n) is 12.9. The molecular weight excluding hydrogens is 314 g/mol. The summed E-state index contributed by atoms with van der Waals surface area (Å²) in [7, 11) is 0. The summed E-state index contributed by atoms with van der Waals surface area (Å²) in [6.45, 7) is -0.131. The van der Waals surface area contributed by atoms with Gasteiger partial charge in [-0.3, -0.25) is 19.3 Å². The first-order valence-corrected chi connectivity index (χ1v) is 7.64. The van der Waals surface area contributed by atoms with Crippen molar-refractivity contribution in [3.05, 3.63) is 35.4 Å². The number of nitrogens with one attached hydrogen (secondary N) is 1. The molecule has 1 aromatic carbocycles. The molecule has 0 unspecified atom stereocenters. The van der Waals surface area contributed by atoms with Crippen LogP contribution in [0.2, 0.25) is 0 Å². The van der Waals surface area contributed by atoms with Crippen molar-refractivity contribution in [1.82, 2.24) is 15.1 Å². The second-order valence-corrected chi connectivity index (χ2v) is 5.79. The number of amides is 4. The van der Waals surface area contributed by atoms with Crippen LogP contribution in [-0.4, -0.2) is 58.4 Å². The van der Waals surface area contributed by atoms with E-state index in [1.165, 1.54) is 4.90 Å². The van der Waals surface area contributed by atoms with Gasteiger partial charge in [0.15, 0.2) is 0 Å². The van der Waals surface area contributed by atoms with Crippen molar-refractivity contribution in [1.29, 1.82) is 0 Å². The molecule has 126 valence electrons.